The van der Waals surface area contributed by atoms with Gasteiger partial charge in [-0.2, -0.15) is 25.5 Å². The number of methoxy groups -OCH3 is 1. The molecule has 6 aromatic carbocycles. The number of hydrogen-bond donors (Lipinski definition) is 10. The molecule has 1 aliphatic heterocycles. The molecule has 1 aliphatic rings. The molecule has 11 N–H and O–H groups in total. The van der Waals surface area contributed by atoms with Crippen LogP contribution in [0, 0.1) is 20.8 Å². The van der Waals surface area contributed by atoms with Crippen molar-refractivity contribution in [1.82, 2.24) is 46.2 Å². The molecule has 0 saturated heterocycles. The van der Waals surface area contributed by atoms with Crippen molar-refractivity contribution in [2.24, 2.45) is 5.10 Å². The number of H-pyrrole nitrogens is 3. The fraction of sp³-hybridized carbons (Fsp3) is 0.295. The number of sulfone groups is 4. The lowest BCUT2D eigenvalue weighted by Gasteiger charge is -2.17. The van der Waals surface area contributed by atoms with Crippen LogP contribution in [-0.4, -0.2) is 134 Å². The van der Waals surface area contributed by atoms with Crippen molar-refractivity contribution in [2.75, 3.05) is 59.3 Å². The van der Waals surface area contributed by atoms with Gasteiger partial charge < -0.3 is 41.6 Å². The average Bonchev–Trinajstić information content (AvgIpc) is 0.811. The lowest BCUT2D eigenvalue weighted by Crippen LogP contribution is -2.23. The number of hydrogen-bond acceptors (Lipinski definition) is 27. The minimum atomic E-state index is -3.46. The van der Waals surface area contributed by atoms with Gasteiger partial charge in [-0.05, 0) is 226 Å². The van der Waals surface area contributed by atoms with Gasteiger partial charge in [0.25, 0.3) is 16.7 Å². The SMILES string of the molecule is CC.CC(C)S(=O)(=O)c1ccccc1NC1=CC(Cl)NN=C1.CC(C)S(=O)(=O)c1ccccc1Nc1cn[nH]c(=O)c1Cl.CCNc1cn[nH]c(=O)c1.COc1cc(C)ccc1N.Cc1cc(P(C)(C)=O)ccc1Nc1cc(Nc2ccccc2S(=O)(=O)C(C)C)cnn1.Cc1ccccc1S(=O)(=O)C(C)C.O=P(Cl)(Cl)Cl.O=c1[nH]ncc(Cl)c1Cl. The van der Waals surface area contributed by atoms with Crippen LogP contribution in [0.25, 0.3) is 0 Å². The maximum Gasteiger partial charge on any atom is 0.339 e. The monoisotopic (exact) mass is 1920 g/mol. The van der Waals surface area contributed by atoms with Gasteiger partial charge >= 0.3 is 5.20 Å². The summed E-state index contributed by atoms with van der Waals surface area (Å²) in [6, 6.07) is 41.7. The molecule has 10 aromatic rings. The van der Waals surface area contributed by atoms with Crippen LogP contribution in [0.2, 0.25) is 15.1 Å². The summed E-state index contributed by atoms with van der Waals surface area (Å²) in [5.41, 5.74) is 14.6. The van der Waals surface area contributed by atoms with Crippen molar-refractivity contribution in [3.63, 3.8) is 0 Å². The van der Waals surface area contributed by atoms with E-state index in [1.165, 1.54) is 30.7 Å². The molecule has 1 unspecified atom stereocenters. The number of benzene rings is 6. The normalized spacial score (nSPS) is 12.3. The average molecular weight is 1920 g/mol. The Morgan fingerprint density at radius 3 is 1.43 bits per heavy atom. The molecule has 11 rings (SSSR count). The first kappa shape index (κ1) is 106. The quantitative estimate of drug-likeness (QED) is 0.0147. The van der Waals surface area contributed by atoms with Crippen LogP contribution in [0.5, 0.6) is 5.75 Å². The number of rotatable bonds is 20. The number of aromatic amines is 3. The number of alkyl halides is 1. The van der Waals surface area contributed by atoms with Crippen LogP contribution in [0.3, 0.4) is 0 Å². The number of ether oxygens (including phenoxy) is 1. The smallest absolute Gasteiger partial charge is 0.339 e. The fourth-order valence-corrected chi connectivity index (χ4v) is 15.8. The zero-order valence-electron chi connectivity index (χ0n) is 69.1. The highest BCUT2D eigenvalue weighted by molar-refractivity contribution is 8.24. The van der Waals surface area contributed by atoms with Crippen LogP contribution in [0.4, 0.5) is 51.3 Å². The number of hydrazone groups is 1. The van der Waals surface area contributed by atoms with Gasteiger partial charge in [0.2, 0.25) is 0 Å². The summed E-state index contributed by atoms with van der Waals surface area (Å²) in [5, 5.41) is 40.2. The summed E-state index contributed by atoms with van der Waals surface area (Å²) in [5.74, 6) is 1.25. The van der Waals surface area contributed by atoms with Crippen molar-refractivity contribution in [3.05, 3.63) is 245 Å². The highest BCUT2D eigenvalue weighted by Gasteiger charge is 2.27. The van der Waals surface area contributed by atoms with Crippen LogP contribution in [-0.2, 0) is 48.5 Å². The third-order valence-corrected chi connectivity index (χ3v) is 27.6. The third-order valence-electron chi connectivity index (χ3n) is 15.8. The number of nitrogen functional groups attached to an aromatic ring is 1. The van der Waals surface area contributed by atoms with Crippen molar-refractivity contribution in [1.29, 1.82) is 0 Å². The van der Waals surface area contributed by atoms with Gasteiger partial charge in [-0.25, -0.2) is 49.0 Å². The van der Waals surface area contributed by atoms with Gasteiger partial charge in [-0.1, -0.05) is 121 Å². The Morgan fingerprint density at radius 1 is 0.521 bits per heavy atom. The van der Waals surface area contributed by atoms with Crippen LogP contribution < -0.4 is 64.5 Å². The molecule has 30 nitrogen and oxygen atoms in total. The number of aryl methyl sites for hydroxylation is 3. The second-order valence-electron chi connectivity index (χ2n) is 26.5. The topological polar surface area (TPSA) is 454 Å². The number of anilines is 9. The van der Waals surface area contributed by atoms with Gasteiger partial charge in [-0.15, -0.1) is 5.10 Å². The zero-order chi connectivity index (χ0) is 91.6. The predicted octanol–water partition coefficient (Wildman–Crippen LogP) is 18.2. The van der Waals surface area contributed by atoms with Crippen LogP contribution >= 0.6 is 92.5 Å². The minimum Gasteiger partial charge on any atom is -0.495 e. The predicted molar refractivity (Wildman–Crippen MR) is 497 cm³/mol. The van der Waals surface area contributed by atoms with Crippen molar-refractivity contribution in [3.8, 4) is 5.75 Å². The minimum absolute atomic E-state index is 0.0216. The molecule has 0 amide bonds. The molecule has 0 fully saturated rings. The first-order valence-electron chi connectivity index (χ1n) is 36.5. The molecule has 43 heteroatoms. The van der Waals surface area contributed by atoms with Crippen LogP contribution in [0.1, 0.15) is 92.9 Å². The summed E-state index contributed by atoms with van der Waals surface area (Å²) in [6.07, 6.45) is 8.97. The Morgan fingerprint density at radius 2 is 0.983 bits per heavy atom. The highest BCUT2D eigenvalue weighted by atomic mass is 36.0. The molecule has 0 spiro atoms. The Hall–Kier alpha value is -8.86. The maximum atomic E-state index is 12.7. The van der Waals surface area contributed by atoms with E-state index in [-0.39, 0.29) is 46.3 Å². The molecule has 4 aromatic heterocycles. The molecule has 0 radical (unpaired) electrons. The molecule has 0 bridgehead atoms. The fourth-order valence-electron chi connectivity index (χ4n) is 9.38. The Bertz CT molecular complexity index is 5920. The molecular formula is C78H99Cl7N16O14P2S4. The Balaban J connectivity index is 0.000000375. The van der Waals surface area contributed by atoms with Crippen molar-refractivity contribution in [2.45, 2.75) is 143 Å². The molecule has 1 atom stereocenters. The standard InChI is InChI=1S/C22H27N4O3PS.C13H14ClN3O3S.C13H16ClN3O2S.C10H14O2S.C8H11NO.C6H9N3O.C4H2Cl2N2O.C2H6.Cl3OP/c1-15(2)31(28,29)21-9-7-6-8-20(21)24-17-13-22(26-23-14-17)25-19-11-10-18(12-16(19)3)30(4,5)27;1-8(2)21(19,20)11-6-4-3-5-9(11)16-10-7-15-17-13(18)12(10)14;1-9(2)20(18,19)12-6-4-3-5-11(12)16-10-7-13(14)17-15-8-10;1-8(2)13(11,12)10-7-5-4-6-9(10)3;1-6-3-4-7(9)8(5-6)10-2;1-2-7-5-3-6(10)9-8-4-5;5-2-1-7-8-4(9)3(2)6;1-2;1-5(2,3)4/h6-15H,1-5H3,(H2,24,25,26);3-8H,1-2H3,(H2,16,17,18);3-9,13,16-17H,1-2H3;4-8H,1-3H3;3-5H,9H2,1-2H3;3-4H,2H2,1H3,(H2,7,9,10);1H,(H,8,9);1-2H3;. The number of nitrogens with zero attached hydrogens (tertiary/aromatic N) is 6. The van der Waals surface area contributed by atoms with E-state index in [9.17, 15) is 57.2 Å². The maximum absolute atomic E-state index is 12.7. The Kier molecular flexibility index (Phi) is 44.0. The summed E-state index contributed by atoms with van der Waals surface area (Å²) in [6.45, 7) is 29.2. The zero-order valence-corrected chi connectivity index (χ0v) is 79.4. The number of nitrogens with two attached hydrogens (primary N) is 1. The van der Waals surface area contributed by atoms with Gasteiger partial charge in [0.05, 0.1) is 129 Å². The summed E-state index contributed by atoms with van der Waals surface area (Å²) in [4.78, 5) is 33.6. The van der Waals surface area contributed by atoms with E-state index >= 15 is 0 Å². The van der Waals surface area contributed by atoms with Crippen LogP contribution in [0.15, 0.2) is 221 Å². The molecular weight excluding hydrogens is 1820 g/mol. The van der Waals surface area contributed by atoms with Gasteiger partial charge in [-0.3, -0.25) is 24.4 Å². The summed E-state index contributed by atoms with van der Waals surface area (Å²) >= 11 is 36.4. The lowest BCUT2D eigenvalue weighted by atomic mass is 10.2. The number of nitrogens with one attached hydrogen (secondary N) is 9. The number of halogens is 7. The largest absolute Gasteiger partial charge is 0.495 e. The number of aromatic nitrogens is 8. The molecule has 0 aliphatic carbocycles. The molecule has 658 valence electrons. The van der Waals surface area contributed by atoms with Gasteiger partial charge in [0, 0.05) is 29.7 Å². The molecule has 121 heavy (non-hydrogen) atoms. The highest BCUT2D eigenvalue weighted by Crippen LogP contribution is 2.61. The van der Waals surface area contributed by atoms with Gasteiger partial charge in [0.15, 0.2) is 45.2 Å². The van der Waals surface area contributed by atoms with Crippen molar-refractivity contribution >= 4 is 195 Å². The summed E-state index contributed by atoms with van der Waals surface area (Å²) in [7, 11) is -14.1. The number of allylic oxidation sites excluding steroid dienone is 1. The first-order chi connectivity index (χ1) is 56.5. The first-order valence-corrected chi connectivity index (χ1v) is 51.2. The Labute approximate surface area is 740 Å². The lowest BCUT2D eigenvalue weighted by molar-refractivity contribution is 0.416. The molecule has 5 heterocycles. The third kappa shape index (κ3) is 35.1. The number of para-hydroxylation sites is 3. The van der Waals surface area contributed by atoms with Crippen molar-refractivity contribution < 1.29 is 47.5 Å². The van der Waals surface area contributed by atoms with Gasteiger partial charge in [0.1, 0.15) is 28.4 Å². The second-order valence-corrected chi connectivity index (χ2v) is 47.9. The van der Waals surface area contributed by atoms with E-state index in [0.29, 0.717) is 44.8 Å². The van der Waals surface area contributed by atoms with E-state index in [4.69, 9.17) is 56.9 Å². The van der Waals surface area contributed by atoms with E-state index in [1.54, 1.807) is 179 Å². The second kappa shape index (κ2) is 50.0. The van der Waals surface area contributed by atoms with E-state index < -0.39 is 84.1 Å². The summed E-state index contributed by atoms with van der Waals surface area (Å²) < 4.78 is 125. The van der Waals surface area contributed by atoms with E-state index in [0.717, 1.165) is 45.7 Å². The van der Waals surface area contributed by atoms with E-state index in [1.807, 2.05) is 90.1 Å². The molecule has 0 saturated carbocycles. The van der Waals surface area contributed by atoms with E-state index in [2.05, 4.69) is 112 Å².